The Morgan fingerprint density at radius 1 is 1.14 bits per heavy atom. The van der Waals surface area contributed by atoms with E-state index in [1.165, 1.54) is 6.42 Å². The first-order valence-electron chi connectivity index (χ1n) is 10.8. The second-order valence-corrected chi connectivity index (χ2v) is 9.30. The van der Waals surface area contributed by atoms with Crippen molar-refractivity contribution in [2.45, 2.75) is 52.5 Å². The highest BCUT2D eigenvalue weighted by Crippen LogP contribution is 2.31. The van der Waals surface area contributed by atoms with E-state index in [4.69, 9.17) is 4.74 Å². The molecule has 29 heavy (non-hydrogen) atoms. The largest absolute Gasteiger partial charge is 0.490 e. The number of likely N-dealkylation sites (tertiary alicyclic amines) is 1. The molecule has 1 aromatic rings. The number of para-hydroxylation sites is 2. The Kier molecular flexibility index (Phi) is 6.83. The molecule has 1 N–H and O–H groups in total. The van der Waals surface area contributed by atoms with Crippen LogP contribution in [0.4, 0.5) is 5.69 Å². The minimum absolute atomic E-state index is 0.0335. The van der Waals surface area contributed by atoms with Crippen molar-refractivity contribution >= 4 is 17.5 Å². The van der Waals surface area contributed by atoms with Gasteiger partial charge in [-0.25, -0.2) is 0 Å². The van der Waals surface area contributed by atoms with Crippen LogP contribution in [0.5, 0.6) is 5.75 Å². The smallest absolute Gasteiger partial charge is 0.227 e. The molecule has 1 fully saturated rings. The van der Waals surface area contributed by atoms with Gasteiger partial charge >= 0.3 is 0 Å². The lowest BCUT2D eigenvalue weighted by Gasteiger charge is -2.45. The van der Waals surface area contributed by atoms with Gasteiger partial charge in [-0.1, -0.05) is 26.0 Å². The van der Waals surface area contributed by atoms with E-state index in [1.807, 2.05) is 24.3 Å². The fourth-order valence-corrected chi connectivity index (χ4v) is 4.46. The lowest BCUT2D eigenvalue weighted by molar-refractivity contribution is -0.125. The van der Waals surface area contributed by atoms with Crippen LogP contribution in [0.15, 0.2) is 24.3 Å². The third-order valence-electron chi connectivity index (χ3n) is 6.04. The molecule has 160 valence electrons. The van der Waals surface area contributed by atoms with Gasteiger partial charge in [-0.2, -0.15) is 0 Å². The van der Waals surface area contributed by atoms with Gasteiger partial charge < -0.3 is 15.0 Å². The molecule has 0 aromatic heterocycles. The Bertz CT molecular complexity index is 724. The molecule has 3 rings (SSSR count). The zero-order chi connectivity index (χ0) is 21.0. The van der Waals surface area contributed by atoms with Crippen LogP contribution in [0.3, 0.4) is 0 Å². The number of anilines is 1. The normalized spacial score (nSPS) is 22.6. The molecule has 6 nitrogen and oxygen atoms in total. The average molecular weight is 402 g/mol. The van der Waals surface area contributed by atoms with Crippen molar-refractivity contribution in [3.05, 3.63) is 24.3 Å². The summed E-state index contributed by atoms with van der Waals surface area (Å²) >= 11 is 0. The topological polar surface area (TPSA) is 61.9 Å². The molecule has 2 aliphatic rings. The molecule has 6 heteroatoms. The third-order valence-corrected chi connectivity index (χ3v) is 6.04. The van der Waals surface area contributed by atoms with Crippen LogP contribution in [0.1, 0.15) is 47.0 Å². The zero-order valence-electron chi connectivity index (χ0n) is 18.2. The number of amides is 2. The van der Waals surface area contributed by atoms with Crippen molar-refractivity contribution in [2.75, 3.05) is 37.7 Å². The van der Waals surface area contributed by atoms with Crippen LogP contribution in [-0.2, 0) is 9.59 Å². The van der Waals surface area contributed by atoms with Gasteiger partial charge in [0.1, 0.15) is 12.4 Å². The van der Waals surface area contributed by atoms with E-state index < -0.39 is 0 Å². The summed E-state index contributed by atoms with van der Waals surface area (Å²) in [5.74, 6) is 1.99. The molecular formula is C23H35N3O3. The highest BCUT2D eigenvalue weighted by atomic mass is 16.5. The van der Waals surface area contributed by atoms with E-state index in [9.17, 15) is 9.59 Å². The molecule has 2 amide bonds. The lowest BCUT2D eigenvalue weighted by Crippen LogP contribution is -2.56. The number of fused-ring (bicyclic) bond motifs is 1. The standard InChI is InChI=1S/C23H35N3O3/c1-17-13-18(2)15-25(14-17)23(3,4)16-24-21(27)9-10-22(28)26-11-12-29-20-8-6-5-7-19(20)26/h5-8,17-18H,9-16H2,1-4H3,(H,24,27). The van der Waals surface area contributed by atoms with Gasteiger partial charge in [0.05, 0.1) is 12.2 Å². The second-order valence-electron chi connectivity index (χ2n) is 9.30. The summed E-state index contributed by atoms with van der Waals surface area (Å²) in [5.41, 5.74) is 0.699. The summed E-state index contributed by atoms with van der Waals surface area (Å²) in [6.45, 7) is 12.7. The molecule has 2 atom stereocenters. The van der Waals surface area contributed by atoms with E-state index in [0.29, 0.717) is 31.5 Å². The van der Waals surface area contributed by atoms with Crippen molar-refractivity contribution in [1.29, 1.82) is 0 Å². The van der Waals surface area contributed by atoms with Gasteiger partial charge in [-0.05, 0) is 44.2 Å². The van der Waals surface area contributed by atoms with Crippen molar-refractivity contribution in [2.24, 2.45) is 11.8 Å². The fourth-order valence-electron chi connectivity index (χ4n) is 4.46. The second kappa shape index (κ2) is 9.16. The number of piperidine rings is 1. The average Bonchev–Trinajstić information content (AvgIpc) is 2.69. The van der Waals surface area contributed by atoms with E-state index in [2.05, 4.69) is 37.9 Å². The van der Waals surface area contributed by atoms with Crippen LogP contribution in [0.2, 0.25) is 0 Å². The summed E-state index contributed by atoms with van der Waals surface area (Å²) < 4.78 is 5.60. The summed E-state index contributed by atoms with van der Waals surface area (Å²) in [6, 6.07) is 7.54. The number of ether oxygens (including phenoxy) is 1. The highest BCUT2D eigenvalue weighted by Gasteiger charge is 2.33. The van der Waals surface area contributed by atoms with E-state index in [0.717, 1.165) is 24.5 Å². The molecule has 1 aromatic carbocycles. The first-order chi connectivity index (χ1) is 13.8. The molecule has 2 unspecified atom stereocenters. The maximum absolute atomic E-state index is 12.7. The Morgan fingerprint density at radius 2 is 1.83 bits per heavy atom. The number of rotatable bonds is 6. The maximum atomic E-state index is 12.7. The zero-order valence-corrected chi connectivity index (χ0v) is 18.2. The Labute approximate surface area is 174 Å². The molecule has 1 saturated heterocycles. The number of benzene rings is 1. The Balaban J connectivity index is 1.47. The minimum atomic E-state index is -0.0915. The number of carbonyl (C=O) groups excluding carboxylic acids is 2. The lowest BCUT2D eigenvalue weighted by atomic mass is 9.88. The summed E-state index contributed by atoms with van der Waals surface area (Å²) in [4.78, 5) is 29.3. The SMILES string of the molecule is CC1CC(C)CN(C(C)(C)CNC(=O)CCC(=O)N2CCOc3ccccc32)C1. The van der Waals surface area contributed by atoms with Gasteiger partial charge in [0.2, 0.25) is 11.8 Å². The third kappa shape index (κ3) is 5.50. The van der Waals surface area contributed by atoms with Crippen LogP contribution >= 0.6 is 0 Å². The molecule has 0 spiro atoms. The van der Waals surface area contributed by atoms with Gasteiger partial charge in [0, 0.05) is 38.0 Å². The predicted molar refractivity (Wildman–Crippen MR) is 115 cm³/mol. The molecular weight excluding hydrogens is 366 g/mol. The number of hydrogen-bond donors (Lipinski definition) is 1. The van der Waals surface area contributed by atoms with Crippen molar-refractivity contribution in [3.8, 4) is 5.75 Å². The van der Waals surface area contributed by atoms with E-state index >= 15 is 0 Å². The molecule has 0 aliphatic carbocycles. The van der Waals surface area contributed by atoms with Crippen LogP contribution in [0, 0.1) is 11.8 Å². The van der Waals surface area contributed by atoms with Crippen LogP contribution in [0.25, 0.3) is 0 Å². The van der Waals surface area contributed by atoms with Crippen LogP contribution in [-0.4, -0.2) is 55.0 Å². The molecule has 2 heterocycles. The Morgan fingerprint density at radius 3 is 2.55 bits per heavy atom. The first-order valence-corrected chi connectivity index (χ1v) is 10.8. The quantitative estimate of drug-likeness (QED) is 0.796. The van der Waals surface area contributed by atoms with Gasteiger partial charge in [-0.15, -0.1) is 0 Å². The number of carbonyl (C=O) groups is 2. The minimum Gasteiger partial charge on any atom is -0.490 e. The maximum Gasteiger partial charge on any atom is 0.227 e. The number of hydrogen-bond acceptors (Lipinski definition) is 4. The molecule has 0 saturated carbocycles. The van der Waals surface area contributed by atoms with Gasteiger partial charge in [0.25, 0.3) is 0 Å². The highest BCUT2D eigenvalue weighted by molar-refractivity contribution is 5.97. The summed E-state index contributed by atoms with van der Waals surface area (Å²) in [5, 5.41) is 3.05. The van der Waals surface area contributed by atoms with Crippen LogP contribution < -0.4 is 15.0 Å². The number of nitrogens with one attached hydrogen (secondary N) is 1. The number of nitrogens with zero attached hydrogens (tertiary/aromatic N) is 2. The summed E-state index contributed by atoms with van der Waals surface area (Å²) in [7, 11) is 0. The predicted octanol–water partition coefficient (Wildman–Crippen LogP) is 3.06. The van der Waals surface area contributed by atoms with E-state index in [1.54, 1.807) is 4.90 Å². The monoisotopic (exact) mass is 401 g/mol. The molecule has 0 radical (unpaired) electrons. The molecule has 2 aliphatic heterocycles. The van der Waals surface area contributed by atoms with E-state index in [-0.39, 0.29) is 30.2 Å². The van der Waals surface area contributed by atoms with Gasteiger partial charge in [-0.3, -0.25) is 14.5 Å². The van der Waals surface area contributed by atoms with Crippen molar-refractivity contribution in [1.82, 2.24) is 10.2 Å². The first kappa shape index (κ1) is 21.6. The van der Waals surface area contributed by atoms with Gasteiger partial charge in [0.15, 0.2) is 0 Å². The fraction of sp³-hybridized carbons (Fsp3) is 0.652. The Hall–Kier alpha value is -2.08. The van der Waals surface area contributed by atoms with Crippen molar-refractivity contribution < 1.29 is 14.3 Å². The summed E-state index contributed by atoms with van der Waals surface area (Å²) in [6.07, 6.45) is 1.69. The van der Waals surface area contributed by atoms with Crippen molar-refractivity contribution in [3.63, 3.8) is 0 Å². The molecule has 0 bridgehead atoms.